The molecular weight excluding hydrogens is 631 g/mol. The van der Waals surface area contributed by atoms with E-state index in [2.05, 4.69) is 193 Å². The van der Waals surface area contributed by atoms with Gasteiger partial charge >= 0.3 is 0 Å². The fraction of sp³-hybridized carbons (Fsp3) is 0. The van der Waals surface area contributed by atoms with Gasteiger partial charge in [-0.15, -0.1) is 0 Å². The predicted molar refractivity (Wildman–Crippen MR) is 220 cm³/mol. The topological polar surface area (TPSA) is 16.4 Å². The van der Waals surface area contributed by atoms with Crippen LogP contribution in [-0.4, -0.2) is 0 Å². The van der Waals surface area contributed by atoms with E-state index in [1.165, 1.54) is 49.5 Å². The SMILES string of the molecule is c1ccc(-c2ccc(N(c3cccc(-c4ccccc4-c4ccccc4)c3)c3ccc4ccc5cc6oc7ccccc7c6cc5c4c3)cc2)cc1. The van der Waals surface area contributed by atoms with Gasteiger partial charge in [-0.25, -0.2) is 0 Å². The molecule has 0 fully saturated rings. The summed E-state index contributed by atoms with van der Waals surface area (Å²) in [5, 5.41) is 7.06. The zero-order valence-corrected chi connectivity index (χ0v) is 28.4. The number of para-hydroxylation sites is 1. The van der Waals surface area contributed by atoms with Crippen LogP contribution in [0.25, 0.3) is 76.9 Å². The molecule has 2 nitrogen and oxygen atoms in total. The highest BCUT2D eigenvalue weighted by atomic mass is 16.3. The lowest BCUT2D eigenvalue weighted by molar-refractivity contribution is 0.669. The fourth-order valence-corrected chi connectivity index (χ4v) is 7.70. The number of anilines is 3. The quantitative estimate of drug-likeness (QED) is 0.165. The highest BCUT2D eigenvalue weighted by Gasteiger charge is 2.17. The second kappa shape index (κ2) is 12.5. The second-order valence-electron chi connectivity index (χ2n) is 13.3. The van der Waals surface area contributed by atoms with Crippen LogP contribution in [-0.2, 0) is 0 Å². The number of furan rings is 1. The van der Waals surface area contributed by atoms with Gasteiger partial charge in [-0.1, -0.05) is 146 Å². The van der Waals surface area contributed by atoms with E-state index in [0.29, 0.717) is 0 Å². The lowest BCUT2D eigenvalue weighted by Crippen LogP contribution is -2.10. The Hall–Kier alpha value is -6.90. The standard InChI is InChI=1S/C50H33NO/c1-3-12-34(13-4-1)35-24-27-40(28-25-35)51(41-17-11-16-38(30-41)44-19-8-7-18-43(44)36-14-5-2-6-15-36)42-29-26-37-22-23-39-31-50-48(33-47(39)46(37)32-42)45-20-9-10-21-49(45)52-50/h1-33H. The van der Waals surface area contributed by atoms with E-state index in [1.54, 1.807) is 0 Å². The molecule has 52 heavy (non-hydrogen) atoms. The molecule has 0 spiro atoms. The third kappa shape index (κ3) is 5.21. The van der Waals surface area contributed by atoms with Gasteiger partial charge in [0.25, 0.3) is 0 Å². The lowest BCUT2D eigenvalue weighted by atomic mass is 9.94. The van der Waals surface area contributed by atoms with Gasteiger partial charge in [-0.3, -0.25) is 0 Å². The van der Waals surface area contributed by atoms with Gasteiger partial charge in [0.05, 0.1) is 0 Å². The van der Waals surface area contributed by atoms with Crippen molar-refractivity contribution in [1.82, 2.24) is 0 Å². The zero-order chi connectivity index (χ0) is 34.4. The Labute approximate surface area is 302 Å². The molecule has 1 heterocycles. The summed E-state index contributed by atoms with van der Waals surface area (Å²) in [7, 11) is 0. The third-order valence-corrected chi connectivity index (χ3v) is 10.2. The van der Waals surface area contributed by atoms with Crippen LogP contribution in [0.3, 0.4) is 0 Å². The molecule has 0 aliphatic carbocycles. The Balaban J connectivity index is 1.16. The Kier molecular flexibility index (Phi) is 7.18. The maximum atomic E-state index is 6.27. The number of fused-ring (bicyclic) bond motifs is 6. The molecule has 10 rings (SSSR count). The van der Waals surface area contributed by atoms with Crippen molar-refractivity contribution in [2.45, 2.75) is 0 Å². The first-order chi connectivity index (χ1) is 25.8. The first-order valence-electron chi connectivity index (χ1n) is 17.8. The van der Waals surface area contributed by atoms with Gasteiger partial charge in [0.2, 0.25) is 0 Å². The number of benzene rings is 9. The summed E-state index contributed by atoms with van der Waals surface area (Å²) in [6.07, 6.45) is 0. The first-order valence-corrected chi connectivity index (χ1v) is 17.8. The van der Waals surface area contributed by atoms with Crippen molar-refractivity contribution < 1.29 is 4.42 Å². The van der Waals surface area contributed by atoms with Crippen molar-refractivity contribution in [3.63, 3.8) is 0 Å². The van der Waals surface area contributed by atoms with Crippen LogP contribution in [0, 0.1) is 0 Å². The molecule has 0 saturated heterocycles. The molecule has 2 heteroatoms. The van der Waals surface area contributed by atoms with Crippen LogP contribution in [0.2, 0.25) is 0 Å². The Bertz CT molecular complexity index is 2890. The van der Waals surface area contributed by atoms with Gasteiger partial charge in [0.1, 0.15) is 11.2 Å². The summed E-state index contributed by atoms with van der Waals surface area (Å²) in [4.78, 5) is 2.38. The van der Waals surface area contributed by atoms with E-state index in [1.807, 2.05) is 12.1 Å². The molecule has 9 aromatic carbocycles. The predicted octanol–water partition coefficient (Wildman–Crippen LogP) is 14.4. The van der Waals surface area contributed by atoms with Crippen molar-refractivity contribution in [3.05, 3.63) is 200 Å². The molecule has 0 atom stereocenters. The minimum absolute atomic E-state index is 0.914. The molecule has 0 radical (unpaired) electrons. The fourth-order valence-electron chi connectivity index (χ4n) is 7.70. The maximum absolute atomic E-state index is 6.27. The molecule has 0 unspecified atom stereocenters. The molecule has 0 aliphatic rings. The van der Waals surface area contributed by atoms with E-state index in [9.17, 15) is 0 Å². The molecular formula is C50H33NO. The zero-order valence-electron chi connectivity index (χ0n) is 28.4. The van der Waals surface area contributed by atoms with E-state index in [-0.39, 0.29) is 0 Å². The van der Waals surface area contributed by atoms with Crippen molar-refractivity contribution in [1.29, 1.82) is 0 Å². The second-order valence-corrected chi connectivity index (χ2v) is 13.3. The van der Waals surface area contributed by atoms with Crippen LogP contribution >= 0.6 is 0 Å². The number of rotatable bonds is 6. The summed E-state index contributed by atoms with van der Waals surface area (Å²) < 4.78 is 6.27. The summed E-state index contributed by atoms with van der Waals surface area (Å²) in [6, 6.07) is 71.8. The van der Waals surface area contributed by atoms with Crippen LogP contribution in [0.1, 0.15) is 0 Å². The molecule has 0 bridgehead atoms. The van der Waals surface area contributed by atoms with Crippen molar-refractivity contribution >= 4 is 60.5 Å². The van der Waals surface area contributed by atoms with Gasteiger partial charge < -0.3 is 9.32 Å². The summed E-state index contributed by atoms with van der Waals surface area (Å²) in [6.45, 7) is 0. The van der Waals surface area contributed by atoms with Crippen molar-refractivity contribution in [3.8, 4) is 33.4 Å². The number of hydrogen-bond acceptors (Lipinski definition) is 2. The summed E-state index contributed by atoms with van der Waals surface area (Å²) >= 11 is 0. The maximum Gasteiger partial charge on any atom is 0.136 e. The molecule has 0 amide bonds. The van der Waals surface area contributed by atoms with Crippen molar-refractivity contribution in [2.75, 3.05) is 4.90 Å². The average molecular weight is 664 g/mol. The van der Waals surface area contributed by atoms with E-state index in [0.717, 1.165) is 44.4 Å². The first kappa shape index (κ1) is 30.0. The summed E-state index contributed by atoms with van der Waals surface area (Å²) in [5.74, 6) is 0. The van der Waals surface area contributed by atoms with Crippen LogP contribution in [0.4, 0.5) is 17.1 Å². The highest BCUT2D eigenvalue weighted by molar-refractivity contribution is 6.17. The molecule has 244 valence electrons. The Morgan fingerprint density at radius 1 is 0.288 bits per heavy atom. The lowest BCUT2D eigenvalue weighted by Gasteiger charge is -2.27. The molecule has 1 aromatic heterocycles. The third-order valence-electron chi connectivity index (χ3n) is 10.2. The normalized spacial score (nSPS) is 11.5. The number of nitrogens with zero attached hydrogens (tertiary/aromatic N) is 1. The number of hydrogen-bond donors (Lipinski definition) is 0. The van der Waals surface area contributed by atoms with Gasteiger partial charge in [0.15, 0.2) is 0 Å². The van der Waals surface area contributed by atoms with E-state index < -0.39 is 0 Å². The van der Waals surface area contributed by atoms with Crippen LogP contribution in [0.5, 0.6) is 0 Å². The van der Waals surface area contributed by atoms with Gasteiger partial charge in [0, 0.05) is 27.8 Å². The smallest absolute Gasteiger partial charge is 0.136 e. The molecule has 10 aromatic rings. The van der Waals surface area contributed by atoms with Gasteiger partial charge in [-0.2, -0.15) is 0 Å². The average Bonchev–Trinajstić information content (AvgIpc) is 3.58. The van der Waals surface area contributed by atoms with E-state index >= 15 is 0 Å². The molecule has 0 N–H and O–H groups in total. The van der Waals surface area contributed by atoms with E-state index in [4.69, 9.17) is 4.42 Å². The van der Waals surface area contributed by atoms with Crippen LogP contribution in [0.15, 0.2) is 205 Å². The highest BCUT2D eigenvalue weighted by Crippen LogP contribution is 2.42. The summed E-state index contributed by atoms with van der Waals surface area (Å²) in [5.41, 5.74) is 12.3. The Morgan fingerprint density at radius 2 is 0.865 bits per heavy atom. The van der Waals surface area contributed by atoms with Gasteiger partial charge in [-0.05, 0) is 110 Å². The monoisotopic (exact) mass is 663 g/mol. The molecule has 0 aliphatic heterocycles. The van der Waals surface area contributed by atoms with Crippen LogP contribution < -0.4 is 4.90 Å². The minimum Gasteiger partial charge on any atom is -0.456 e. The minimum atomic E-state index is 0.914. The Morgan fingerprint density at radius 3 is 1.67 bits per heavy atom. The molecule has 0 saturated carbocycles. The largest absolute Gasteiger partial charge is 0.456 e. The van der Waals surface area contributed by atoms with Crippen molar-refractivity contribution in [2.24, 2.45) is 0 Å².